The topological polar surface area (TPSA) is 21.3 Å². The number of thiophene rings is 1. The van der Waals surface area contributed by atoms with Gasteiger partial charge >= 0.3 is 0 Å². The molecule has 0 amide bonds. The third kappa shape index (κ3) is 4.57. The molecule has 3 aromatic heterocycles. The van der Waals surface area contributed by atoms with Crippen LogP contribution in [0.25, 0.3) is 91.5 Å². The van der Waals surface area contributed by atoms with Crippen LogP contribution < -0.4 is 4.90 Å². The van der Waals surface area contributed by atoms with Gasteiger partial charge in [0.15, 0.2) is 0 Å². The minimum Gasteiger partial charge on any atom is -0.456 e. The second kappa shape index (κ2) is 12.2. The SMILES string of the molecule is c1ccc(N(c2ccccc2-n2c3ccccc3c3ccccc32)c2cccc3c2sc2ccccc23)c(-c2cccc3oc4cc5ccccc5cc4c23)c1. The number of aromatic nitrogens is 1. The van der Waals surface area contributed by atoms with Gasteiger partial charge in [0.1, 0.15) is 11.2 Å². The lowest BCUT2D eigenvalue weighted by atomic mass is 9.96. The minimum absolute atomic E-state index is 0.881. The number of rotatable bonds is 5. The maximum Gasteiger partial charge on any atom is 0.136 e. The normalized spacial score (nSPS) is 11.9. The van der Waals surface area contributed by atoms with E-state index in [2.05, 4.69) is 204 Å². The van der Waals surface area contributed by atoms with E-state index in [9.17, 15) is 0 Å². The van der Waals surface area contributed by atoms with E-state index < -0.39 is 0 Å². The first-order chi connectivity index (χ1) is 27.8. The van der Waals surface area contributed by atoms with Crippen LogP contribution in [-0.4, -0.2) is 4.57 Å². The summed E-state index contributed by atoms with van der Waals surface area (Å²) in [5, 5.41) is 9.62. The van der Waals surface area contributed by atoms with Gasteiger partial charge in [0.05, 0.1) is 38.5 Å². The molecule has 0 atom stereocenters. The molecular weight excluding hydrogens is 701 g/mol. The largest absolute Gasteiger partial charge is 0.456 e. The third-order valence-corrected chi connectivity index (χ3v) is 12.6. The Hall–Kier alpha value is -7.14. The summed E-state index contributed by atoms with van der Waals surface area (Å²) in [5.41, 5.74) is 10.8. The number of nitrogens with zero attached hydrogens (tertiary/aromatic N) is 2. The highest BCUT2D eigenvalue weighted by Crippen LogP contribution is 2.50. The van der Waals surface area contributed by atoms with Gasteiger partial charge in [-0.25, -0.2) is 0 Å². The van der Waals surface area contributed by atoms with E-state index in [1.807, 2.05) is 11.3 Å². The summed E-state index contributed by atoms with van der Waals surface area (Å²) in [5.74, 6) is 0. The van der Waals surface area contributed by atoms with Crippen LogP contribution in [0.15, 0.2) is 199 Å². The van der Waals surface area contributed by atoms with Crippen molar-refractivity contribution in [3.05, 3.63) is 194 Å². The van der Waals surface area contributed by atoms with Crippen molar-refractivity contribution in [3.8, 4) is 16.8 Å². The molecular formula is C52H32N2OS. The molecule has 262 valence electrons. The van der Waals surface area contributed by atoms with Gasteiger partial charge in [-0.3, -0.25) is 0 Å². The number of benzene rings is 9. The second-order valence-electron chi connectivity index (χ2n) is 14.4. The Bertz CT molecular complexity index is 3460. The molecule has 0 aliphatic carbocycles. The second-order valence-corrected chi connectivity index (χ2v) is 15.5. The van der Waals surface area contributed by atoms with E-state index in [0.29, 0.717) is 0 Å². The van der Waals surface area contributed by atoms with Gasteiger partial charge in [-0.05, 0) is 77.0 Å². The molecule has 0 bridgehead atoms. The maximum absolute atomic E-state index is 6.62. The van der Waals surface area contributed by atoms with E-state index in [-0.39, 0.29) is 0 Å². The van der Waals surface area contributed by atoms with Crippen LogP contribution in [0.4, 0.5) is 17.1 Å². The minimum atomic E-state index is 0.881. The molecule has 0 aliphatic rings. The van der Waals surface area contributed by atoms with Gasteiger partial charge < -0.3 is 13.9 Å². The molecule has 0 aliphatic heterocycles. The fourth-order valence-electron chi connectivity index (χ4n) is 8.95. The number of furan rings is 1. The van der Waals surface area contributed by atoms with Crippen LogP contribution in [0.5, 0.6) is 0 Å². The number of hydrogen-bond acceptors (Lipinski definition) is 3. The zero-order chi connectivity index (χ0) is 36.7. The molecule has 9 aromatic carbocycles. The van der Waals surface area contributed by atoms with E-state index in [1.54, 1.807) is 0 Å². The van der Waals surface area contributed by atoms with Crippen LogP contribution in [0.2, 0.25) is 0 Å². The van der Waals surface area contributed by atoms with Crippen molar-refractivity contribution < 1.29 is 4.42 Å². The van der Waals surface area contributed by atoms with Gasteiger partial charge in [0, 0.05) is 42.6 Å². The van der Waals surface area contributed by atoms with Gasteiger partial charge in [0.2, 0.25) is 0 Å². The van der Waals surface area contributed by atoms with Crippen molar-refractivity contribution in [1.29, 1.82) is 0 Å². The molecule has 0 saturated heterocycles. The molecule has 3 nitrogen and oxygen atoms in total. The monoisotopic (exact) mass is 732 g/mol. The summed E-state index contributed by atoms with van der Waals surface area (Å²) in [4.78, 5) is 2.50. The van der Waals surface area contributed by atoms with Crippen LogP contribution >= 0.6 is 11.3 Å². The molecule has 0 fully saturated rings. The van der Waals surface area contributed by atoms with Crippen molar-refractivity contribution in [2.24, 2.45) is 0 Å². The number of para-hydroxylation sites is 5. The van der Waals surface area contributed by atoms with Gasteiger partial charge in [-0.1, -0.05) is 133 Å². The first kappa shape index (κ1) is 31.2. The zero-order valence-corrected chi connectivity index (χ0v) is 31.0. The molecule has 56 heavy (non-hydrogen) atoms. The predicted octanol–water partition coefficient (Wildman–Crippen LogP) is 15.3. The molecule has 4 heteroatoms. The first-order valence-corrected chi connectivity index (χ1v) is 19.8. The molecule has 12 rings (SSSR count). The summed E-state index contributed by atoms with van der Waals surface area (Å²) in [6, 6.07) is 70.3. The Balaban J connectivity index is 1.19. The molecule has 0 spiro atoms. The number of fused-ring (bicyclic) bond motifs is 10. The Labute approximate surface area is 326 Å². The Morgan fingerprint density at radius 1 is 0.411 bits per heavy atom. The highest BCUT2D eigenvalue weighted by Gasteiger charge is 2.26. The molecule has 3 heterocycles. The van der Waals surface area contributed by atoms with Crippen molar-refractivity contribution in [2.75, 3.05) is 4.90 Å². The van der Waals surface area contributed by atoms with E-state index >= 15 is 0 Å². The van der Waals surface area contributed by atoms with Gasteiger partial charge in [-0.2, -0.15) is 0 Å². The quantitative estimate of drug-likeness (QED) is 0.176. The van der Waals surface area contributed by atoms with Crippen molar-refractivity contribution in [2.45, 2.75) is 0 Å². The van der Waals surface area contributed by atoms with E-state index in [1.165, 1.54) is 52.8 Å². The van der Waals surface area contributed by atoms with E-state index in [4.69, 9.17) is 4.42 Å². The van der Waals surface area contributed by atoms with Crippen LogP contribution in [0.1, 0.15) is 0 Å². The molecule has 0 radical (unpaired) electrons. The van der Waals surface area contributed by atoms with Crippen LogP contribution in [0.3, 0.4) is 0 Å². The average Bonchev–Trinajstić information content (AvgIpc) is 3.93. The lowest BCUT2D eigenvalue weighted by Crippen LogP contribution is -2.14. The summed E-state index contributed by atoms with van der Waals surface area (Å²) in [6.45, 7) is 0. The summed E-state index contributed by atoms with van der Waals surface area (Å²) >= 11 is 1.86. The number of anilines is 3. The molecule has 0 saturated carbocycles. The molecule has 12 aromatic rings. The summed E-state index contributed by atoms with van der Waals surface area (Å²) in [6.07, 6.45) is 0. The van der Waals surface area contributed by atoms with Crippen molar-refractivity contribution in [3.63, 3.8) is 0 Å². The lowest BCUT2D eigenvalue weighted by Gasteiger charge is -2.30. The first-order valence-electron chi connectivity index (χ1n) is 19.0. The number of hydrogen-bond donors (Lipinski definition) is 0. The van der Waals surface area contributed by atoms with Gasteiger partial charge in [0.25, 0.3) is 0 Å². The smallest absolute Gasteiger partial charge is 0.136 e. The van der Waals surface area contributed by atoms with Crippen molar-refractivity contribution >= 4 is 103 Å². The predicted molar refractivity (Wildman–Crippen MR) is 239 cm³/mol. The van der Waals surface area contributed by atoms with E-state index in [0.717, 1.165) is 55.8 Å². The standard InChI is InChI=1S/C52H32N2OS/c1-2-16-34-32-49-41(31-33(34)15-1)51-39(21-14-29-48(51)55-49)37-19-5-9-25-44(37)54(47-28-13-22-40-38-20-6-12-30-50(38)56-52(40)47)46-27-11-10-26-45(46)53-42-23-7-3-17-35(42)36-18-4-8-24-43(36)53/h1-32H. The fourth-order valence-corrected chi connectivity index (χ4v) is 10.2. The highest BCUT2D eigenvalue weighted by molar-refractivity contribution is 7.26. The fraction of sp³-hybridized carbons (Fsp3) is 0. The van der Waals surface area contributed by atoms with Crippen LogP contribution in [-0.2, 0) is 0 Å². The zero-order valence-electron chi connectivity index (χ0n) is 30.2. The average molecular weight is 733 g/mol. The summed E-state index contributed by atoms with van der Waals surface area (Å²) in [7, 11) is 0. The highest BCUT2D eigenvalue weighted by atomic mass is 32.1. The summed E-state index contributed by atoms with van der Waals surface area (Å²) < 4.78 is 11.6. The lowest BCUT2D eigenvalue weighted by molar-refractivity contribution is 0.669. The molecule has 0 N–H and O–H groups in total. The Kier molecular flexibility index (Phi) is 6.80. The van der Waals surface area contributed by atoms with Gasteiger partial charge in [-0.15, -0.1) is 11.3 Å². The van der Waals surface area contributed by atoms with Crippen LogP contribution in [0, 0.1) is 0 Å². The Morgan fingerprint density at radius 2 is 1.00 bits per heavy atom. The van der Waals surface area contributed by atoms with Crippen molar-refractivity contribution in [1.82, 2.24) is 4.57 Å². The molecule has 0 unspecified atom stereocenters. The third-order valence-electron chi connectivity index (χ3n) is 11.4. The maximum atomic E-state index is 6.62. The Morgan fingerprint density at radius 3 is 1.82 bits per heavy atom.